The number of benzene rings is 4. The van der Waals surface area contributed by atoms with Gasteiger partial charge in [0.25, 0.3) is 23.6 Å². The van der Waals surface area contributed by atoms with Crippen molar-refractivity contribution in [2.75, 3.05) is 72.0 Å². The van der Waals surface area contributed by atoms with Crippen LogP contribution in [0, 0.1) is 41.0 Å². The highest BCUT2D eigenvalue weighted by molar-refractivity contribution is 6.01. The Morgan fingerprint density at radius 3 is 1.02 bits per heavy atom. The van der Waals surface area contributed by atoms with Gasteiger partial charge in [-0.2, -0.15) is 13.2 Å². The number of furan rings is 3. The van der Waals surface area contributed by atoms with E-state index in [9.17, 15) is 84.4 Å². The Labute approximate surface area is 822 Å². The molecule has 8 amide bonds. The summed E-state index contributed by atoms with van der Waals surface area (Å²) < 4.78 is 117. The van der Waals surface area contributed by atoms with Crippen LogP contribution in [-0.4, -0.2) is 239 Å². The number of piperazine rings is 4. The smallest absolute Gasteiger partial charge is 0.417 e. The maximum Gasteiger partial charge on any atom is 0.417 e. The van der Waals surface area contributed by atoms with Crippen LogP contribution in [0.25, 0.3) is 89.6 Å². The van der Waals surface area contributed by atoms with E-state index in [4.69, 9.17) is 27.6 Å². The Balaban J connectivity index is 0.000000138. The third-order valence-corrected chi connectivity index (χ3v) is 28.5. The normalized spacial score (nSPS) is 21.3. The van der Waals surface area contributed by atoms with Crippen molar-refractivity contribution in [1.82, 2.24) is 64.5 Å². The zero-order valence-electron chi connectivity index (χ0n) is 83.2. The van der Waals surface area contributed by atoms with Gasteiger partial charge in [-0.15, -0.1) is 0 Å². The fraction of sp³-hybridized carbons (Fsp3) is 0.454. The van der Waals surface area contributed by atoms with Gasteiger partial charge in [0, 0.05) is 147 Å². The Hall–Kier alpha value is -13.3. The van der Waals surface area contributed by atoms with Crippen LogP contribution >= 0.6 is 0 Å². The lowest BCUT2D eigenvalue weighted by molar-refractivity contribution is -0.297. The molecule has 7 fully saturated rings. The molecule has 4 aromatic carbocycles. The summed E-state index contributed by atoms with van der Waals surface area (Å²) in [4.78, 5) is 140. The van der Waals surface area contributed by atoms with Gasteiger partial charge in [-0.1, -0.05) is 55.4 Å². The molecule has 756 valence electrons. The van der Waals surface area contributed by atoms with Crippen LogP contribution in [0.15, 0.2) is 157 Å². The zero-order chi connectivity index (χ0) is 103. The van der Waals surface area contributed by atoms with Gasteiger partial charge in [0.05, 0.1) is 51.1 Å². The van der Waals surface area contributed by atoms with Gasteiger partial charge in [-0.3, -0.25) is 38.4 Å². The van der Waals surface area contributed by atoms with Crippen molar-refractivity contribution >= 4 is 91.8 Å². The minimum absolute atomic E-state index is 0.0475. The number of aliphatic hydroxyl groups is 3. The number of amides is 8. The maximum absolute atomic E-state index is 13.6. The molecule has 19 rings (SSSR count). The zero-order valence-corrected chi connectivity index (χ0v) is 83.2. The highest BCUT2D eigenvalue weighted by Gasteiger charge is 2.64. The molecule has 35 heteroatoms. The summed E-state index contributed by atoms with van der Waals surface area (Å²) in [6.45, 7) is 36.4. The quantitative estimate of drug-likeness (QED) is 0.0693. The lowest BCUT2D eigenvalue weighted by atomic mass is 9.69. The number of carbonyl (C=O) groups excluding carboxylic acids is 8. The number of aliphatic hydroxyl groups excluding tert-OH is 1. The molecule has 0 atom stereocenters. The van der Waals surface area contributed by atoms with E-state index >= 15 is 0 Å². The first kappa shape index (κ1) is 103. The molecule has 0 unspecified atom stereocenters. The first-order valence-corrected chi connectivity index (χ1v) is 48.5. The number of pyridine rings is 4. The molecule has 7 aliphatic rings. The Morgan fingerprint density at radius 2 is 0.713 bits per heavy atom. The van der Waals surface area contributed by atoms with Gasteiger partial charge in [0.2, 0.25) is 29.3 Å². The fourth-order valence-corrected chi connectivity index (χ4v) is 20.1. The standard InChI is InChI=1S/C29H31F4N3O4.C29H34FN3O4.C28H32FN3O4.C22H23FN4O3/c1-16(2)20-11-21(17-5-7-19(30)8-6-17)34-22-12-23(40-24(20)22)26(38)36-10-9-35(15-27(36,3)4)25(37)18-13-28(39,14-18)29(31,32)33;1-17(2)21-12-22(18-6-8-20(30)9-7-18)31-23-13-24(37-25(21)23)27(35)33-11-10-32(16-28(33,3)4)26(34)19-14-29(5,36)15-19;1-16(2)21-13-22(17-5-7-19(29)8-6-17)30-23-14-24(36-25(21)23)27(35)32-10-9-31(15-28(32,3)4)26(34)18-11-20(33)12-18;1-12(2)15-11-16(13-5-7-14(23)8-6-13)25-18-17(15)26-19(30-18)20(28)27-10-9-24-21(29)22(27,3)4/h5-8,11-12,16,18,39H,9-10,13-15H2,1-4H3;6-9,12-13,17,19,36H,10-11,14-16H2,1-5H3;5-8,13-14,16,18,20,33H,9-12,15H2,1-4H3;5-8,11-12H,9-10H2,1-4H3,(H,24,29). The van der Waals surface area contributed by atoms with Crippen molar-refractivity contribution in [3.8, 4) is 45.0 Å². The minimum Gasteiger partial charge on any atom is -0.449 e. The number of aromatic nitrogens is 5. The lowest BCUT2D eigenvalue weighted by Gasteiger charge is -2.50. The van der Waals surface area contributed by atoms with Gasteiger partial charge in [-0.05, 0) is 251 Å². The van der Waals surface area contributed by atoms with E-state index in [-0.39, 0.29) is 149 Å². The minimum atomic E-state index is -4.77. The number of nitrogens with one attached hydrogen (secondary N) is 1. The molecule has 0 bridgehead atoms. The van der Waals surface area contributed by atoms with Gasteiger partial charge in [0.15, 0.2) is 39.6 Å². The average Bonchev–Trinajstić information content (AvgIpc) is 0.975. The molecule has 3 aliphatic carbocycles. The van der Waals surface area contributed by atoms with E-state index in [0.29, 0.717) is 140 Å². The molecule has 8 aromatic heterocycles. The summed E-state index contributed by atoms with van der Waals surface area (Å²) in [5, 5.41) is 32.1. The molecule has 4 saturated heterocycles. The number of oxazole rings is 1. The average molecular weight is 1970 g/mol. The van der Waals surface area contributed by atoms with Gasteiger partial charge in [0.1, 0.15) is 50.9 Å². The molecule has 143 heavy (non-hydrogen) atoms. The van der Waals surface area contributed by atoms with Crippen molar-refractivity contribution in [3.05, 3.63) is 208 Å². The number of hydrogen-bond donors (Lipinski definition) is 4. The van der Waals surface area contributed by atoms with Crippen LogP contribution in [0.3, 0.4) is 0 Å². The number of rotatable bonds is 15. The molecular formula is C108H120F7N13O15. The highest BCUT2D eigenvalue weighted by Crippen LogP contribution is 2.50. The molecule has 0 radical (unpaired) electrons. The van der Waals surface area contributed by atoms with E-state index in [1.807, 2.05) is 117 Å². The highest BCUT2D eigenvalue weighted by atomic mass is 19.4. The number of nitrogens with zero attached hydrogens (tertiary/aromatic N) is 12. The van der Waals surface area contributed by atoms with E-state index in [1.165, 1.54) is 58.3 Å². The Kier molecular flexibility index (Phi) is 28.1. The summed E-state index contributed by atoms with van der Waals surface area (Å²) >= 11 is 0. The Morgan fingerprint density at radius 1 is 0.399 bits per heavy atom. The van der Waals surface area contributed by atoms with Gasteiger partial charge >= 0.3 is 12.1 Å². The van der Waals surface area contributed by atoms with Crippen molar-refractivity contribution in [2.45, 2.75) is 226 Å². The van der Waals surface area contributed by atoms with E-state index in [1.54, 1.807) is 116 Å². The predicted octanol–water partition coefficient (Wildman–Crippen LogP) is 18.6. The van der Waals surface area contributed by atoms with Crippen molar-refractivity contribution in [1.29, 1.82) is 0 Å². The fourth-order valence-electron chi connectivity index (χ4n) is 20.1. The van der Waals surface area contributed by atoms with Crippen LogP contribution in [0.4, 0.5) is 30.7 Å². The molecule has 4 N–H and O–H groups in total. The van der Waals surface area contributed by atoms with Gasteiger partial charge < -0.3 is 72.6 Å². The molecule has 12 heterocycles. The summed E-state index contributed by atoms with van der Waals surface area (Å²) in [7, 11) is 0. The number of hydrogen-bond acceptors (Lipinski definition) is 20. The molecule has 4 aliphatic heterocycles. The number of carbonyl (C=O) groups is 8. The van der Waals surface area contributed by atoms with Crippen LogP contribution in [0.2, 0.25) is 0 Å². The van der Waals surface area contributed by atoms with Gasteiger partial charge in [-0.25, -0.2) is 42.5 Å². The summed E-state index contributed by atoms with van der Waals surface area (Å²) in [6.07, 6.45) is -4.46. The Bertz CT molecular complexity index is 6880. The molecule has 3 saturated carbocycles. The molecule has 0 spiro atoms. The first-order valence-electron chi connectivity index (χ1n) is 48.5. The second-order valence-electron chi connectivity index (χ2n) is 42.6. The van der Waals surface area contributed by atoms with E-state index in [2.05, 4.69) is 20.3 Å². The largest absolute Gasteiger partial charge is 0.449 e. The van der Waals surface area contributed by atoms with Crippen molar-refractivity contribution < 1.29 is 102 Å². The third-order valence-electron chi connectivity index (χ3n) is 28.5. The predicted molar refractivity (Wildman–Crippen MR) is 521 cm³/mol. The van der Waals surface area contributed by atoms with Crippen molar-refractivity contribution in [3.63, 3.8) is 0 Å². The van der Waals surface area contributed by atoms with Crippen LogP contribution < -0.4 is 5.32 Å². The molecule has 12 aromatic rings. The van der Waals surface area contributed by atoms with Crippen LogP contribution in [-0.2, 0) is 19.2 Å². The summed E-state index contributed by atoms with van der Waals surface area (Å²) in [5.74, 6) is -3.56. The van der Waals surface area contributed by atoms with E-state index in [0.717, 1.165) is 44.5 Å². The SMILES string of the molecule is CC(C)c1cc(-c2ccc(F)cc2)nc2cc(C(=O)N3CCN(C(=O)C4CC(C)(O)C4)CC3(C)C)oc12.CC(C)c1cc(-c2ccc(F)cc2)nc2cc(C(=O)N3CCN(C(=O)C4CC(O)(C(F)(F)F)C4)CC3(C)C)oc12.CC(C)c1cc(-c2ccc(F)cc2)nc2cc(C(=O)N3CCN(C(=O)C4CC(O)C4)CC3(C)C)oc12.CC(C)c1cc(-c2ccc(F)cc2)nc2oc(C(=O)N3CCNC(=O)C3(C)C)nc12. The van der Waals surface area contributed by atoms with Crippen LogP contribution in [0.5, 0.6) is 0 Å². The molecular weight excluding hydrogens is 1850 g/mol. The topological polar surface area (TPSA) is 349 Å². The third kappa shape index (κ3) is 21.0. The maximum atomic E-state index is 13.6. The summed E-state index contributed by atoms with van der Waals surface area (Å²) in [5.41, 5.74) is 6.67. The number of halogens is 7. The van der Waals surface area contributed by atoms with Crippen molar-refractivity contribution in [2.24, 2.45) is 17.8 Å². The summed E-state index contributed by atoms with van der Waals surface area (Å²) in [6, 6.07) is 36.9. The monoisotopic (exact) mass is 1970 g/mol. The molecule has 28 nitrogen and oxygen atoms in total. The second kappa shape index (κ2) is 39.1. The van der Waals surface area contributed by atoms with E-state index < -0.39 is 70.1 Å². The number of fused-ring (bicyclic) bond motifs is 4. The lowest BCUT2D eigenvalue weighted by Crippen LogP contribution is -2.65. The second-order valence-corrected chi connectivity index (χ2v) is 42.6. The van der Waals surface area contributed by atoms with Crippen LogP contribution in [0.1, 0.15) is 245 Å². The first-order chi connectivity index (χ1) is 67.1. The number of alkyl halides is 3.